The molecule has 0 fully saturated rings. The van der Waals surface area contributed by atoms with E-state index in [4.69, 9.17) is 0 Å². The second-order valence-electron chi connectivity index (χ2n) is 3.74. The maximum atomic E-state index is 13.6. The van der Waals surface area contributed by atoms with Crippen LogP contribution in [-0.2, 0) is 10.0 Å². The highest BCUT2D eigenvalue weighted by Gasteiger charge is 2.24. The average molecular weight is 352 g/mol. The fraction of sp³-hybridized carbons (Fsp3) is 0.100. The number of H-pyrrole nitrogens is 1. The molecule has 0 saturated heterocycles. The van der Waals surface area contributed by atoms with Gasteiger partial charge in [0.1, 0.15) is 16.5 Å². The number of benzene rings is 1. The van der Waals surface area contributed by atoms with Crippen LogP contribution in [0.3, 0.4) is 0 Å². The van der Waals surface area contributed by atoms with Crippen molar-refractivity contribution in [2.45, 2.75) is 11.8 Å². The Morgan fingerprint density at radius 2 is 2.00 bits per heavy atom. The van der Waals surface area contributed by atoms with Crippen LogP contribution in [0.4, 0.5) is 14.6 Å². The number of halogens is 3. The van der Waals surface area contributed by atoms with E-state index < -0.39 is 26.6 Å². The summed E-state index contributed by atoms with van der Waals surface area (Å²) in [5.41, 5.74) is 0.636. The Balaban J connectivity index is 2.45. The van der Waals surface area contributed by atoms with Gasteiger partial charge in [0, 0.05) is 22.3 Å². The van der Waals surface area contributed by atoms with Gasteiger partial charge in [-0.15, -0.1) is 0 Å². The molecule has 1 heterocycles. The van der Waals surface area contributed by atoms with Crippen molar-refractivity contribution in [2.75, 3.05) is 4.72 Å². The fourth-order valence-electron chi connectivity index (χ4n) is 1.44. The van der Waals surface area contributed by atoms with Gasteiger partial charge < -0.3 is 0 Å². The summed E-state index contributed by atoms with van der Waals surface area (Å²) in [7, 11) is -4.20. The van der Waals surface area contributed by atoms with Crippen LogP contribution < -0.4 is 4.72 Å². The minimum atomic E-state index is -4.20. The Morgan fingerprint density at radius 1 is 1.32 bits per heavy atom. The molecule has 0 atom stereocenters. The van der Waals surface area contributed by atoms with Crippen LogP contribution in [0.1, 0.15) is 5.69 Å². The predicted molar refractivity (Wildman–Crippen MR) is 68.2 cm³/mol. The summed E-state index contributed by atoms with van der Waals surface area (Å²) in [6.45, 7) is 1.68. The summed E-state index contributed by atoms with van der Waals surface area (Å²) in [5.74, 6) is -2.04. The van der Waals surface area contributed by atoms with Gasteiger partial charge in [-0.3, -0.25) is 9.82 Å². The number of hydrogen-bond acceptors (Lipinski definition) is 3. The summed E-state index contributed by atoms with van der Waals surface area (Å²) in [6.07, 6.45) is 0. The summed E-state index contributed by atoms with van der Waals surface area (Å²) in [6, 6.07) is 2.80. The van der Waals surface area contributed by atoms with Crippen molar-refractivity contribution in [1.29, 1.82) is 0 Å². The van der Waals surface area contributed by atoms with Crippen LogP contribution in [0.5, 0.6) is 0 Å². The maximum Gasteiger partial charge on any atom is 0.267 e. The number of anilines is 1. The molecule has 0 aliphatic carbocycles. The number of hydrogen-bond donors (Lipinski definition) is 2. The maximum absolute atomic E-state index is 13.6. The average Bonchev–Trinajstić information content (AvgIpc) is 2.60. The lowest BCUT2D eigenvalue weighted by Gasteiger charge is -2.08. The van der Waals surface area contributed by atoms with Crippen molar-refractivity contribution < 1.29 is 17.2 Å². The Bertz CT molecular complexity index is 707. The lowest BCUT2D eigenvalue weighted by molar-refractivity contribution is 0.548. The van der Waals surface area contributed by atoms with Crippen molar-refractivity contribution in [3.8, 4) is 0 Å². The lowest BCUT2D eigenvalue weighted by atomic mass is 10.3. The Morgan fingerprint density at radius 3 is 2.53 bits per heavy atom. The zero-order valence-electron chi connectivity index (χ0n) is 9.54. The molecular weight excluding hydrogens is 344 g/mol. The summed E-state index contributed by atoms with van der Waals surface area (Å²) >= 11 is 2.82. The molecule has 2 N–H and O–H groups in total. The first-order valence-electron chi connectivity index (χ1n) is 4.99. The molecule has 0 radical (unpaired) electrons. The van der Waals surface area contributed by atoms with Crippen LogP contribution in [0.15, 0.2) is 27.6 Å². The van der Waals surface area contributed by atoms with Crippen molar-refractivity contribution in [3.63, 3.8) is 0 Å². The second-order valence-corrected chi connectivity index (χ2v) is 6.21. The number of nitrogens with one attached hydrogen (secondary N) is 2. The Labute approximate surface area is 116 Å². The van der Waals surface area contributed by atoms with Crippen molar-refractivity contribution in [2.24, 2.45) is 0 Å². The molecule has 2 rings (SSSR count). The minimum absolute atomic E-state index is 0.0214. The molecule has 0 spiro atoms. The third-order valence-electron chi connectivity index (χ3n) is 2.18. The highest BCUT2D eigenvalue weighted by Crippen LogP contribution is 2.27. The minimum Gasteiger partial charge on any atom is -0.281 e. The summed E-state index contributed by atoms with van der Waals surface area (Å²) in [4.78, 5) is -0.672. The number of aryl methyl sites for hydroxylation is 1. The van der Waals surface area contributed by atoms with Crippen LogP contribution in [0, 0.1) is 18.6 Å². The van der Waals surface area contributed by atoms with E-state index in [1.54, 1.807) is 6.92 Å². The molecule has 0 amide bonds. The van der Waals surface area contributed by atoms with Crippen LogP contribution >= 0.6 is 15.9 Å². The molecule has 9 heteroatoms. The summed E-state index contributed by atoms with van der Waals surface area (Å²) < 4.78 is 52.4. The fourth-order valence-corrected chi connectivity index (χ4v) is 3.61. The van der Waals surface area contributed by atoms with E-state index in [1.165, 1.54) is 6.07 Å². The molecule has 19 heavy (non-hydrogen) atoms. The number of rotatable bonds is 3. The molecule has 102 valence electrons. The van der Waals surface area contributed by atoms with Gasteiger partial charge in [-0.2, -0.15) is 5.10 Å². The topological polar surface area (TPSA) is 74.8 Å². The molecule has 1 aromatic heterocycles. The zero-order valence-corrected chi connectivity index (χ0v) is 11.9. The van der Waals surface area contributed by atoms with Crippen molar-refractivity contribution >= 4 is 31.8 Å². The Hall–Kier alpha value is -1.48. The standard InChI is InChI=1S/C10H8BrF2N3O2S/c1-5-2-9(15-14-5)16-19(17,18)10-7(11)3-6(12)4-8(10)13/h2-4H,1H3,(H2,14,15,16). The van der Waals surface area contributed by atoms with Gasteiger partial charge in [0.05, 0.1) is 0 Å². The van der Waals surface area contributed by atoms with Gasteiger partial charge in [-0.1, -0.05) is 0 Å². The summed E-state index contributed by atoms with van der Waals surface area (Å²) in [5, 5.41) is 6.21. The number of sulfonamides is 1. The van der Waals surface area contributed by atoms with Gasteiger partial charge >= 0.3 is 0 Å². The van der Waals surface area contributed by atoms with Crippen molar-refractivity contribution in [3.05, 3.63) is 40.0 Å². The van der Waals surface area contributed by atoms with Gasteiger partial charge in [0.15, 0.2) is 5.82 Å². The first-order chi connectivity index (χ1) is 8.79. The van der Waals surface area contributed by atoms with Crippen LogP contribution in [0.25, 0.3) is 0 Å². The Kier molecular flexibility index (Phi) is 3.59. The number of aromatic amines is 1. The quantitative estimate of drug-likeness (QED) is 0.892. The van der Waals surface area contributed by atoms with E-state index >= 15 is 0 Å². The van der Waals surface area contributed by atoms with E-state index in [-0.39, 0.29) is 10.3 Å². The van der Waals surface area contributed by atoms with E-state index in [0.29, 0.717) is 11.8 Å². The van der Waals surface area contributed by atoms with E-state index in [2.05, 4.69) is 30.8 Å². The van der Waals surface area contributed by atoms with Gasteiger partial charge in [-0.05, 0) is 28.9 Å². The molecular formula is C10H8BrF2N3O2S. The molecule has 0 aliphatic heterocycles. The predicted octanol–water partition coefficient (Wildman–Crippen LogP) is 2.56. The van der Waals surface area contributed by atoms with Crippen LogP contribution in [-0.4, -0.2) is 18.6 Å². The first-order valence-corrected chi connectivity index (χ1v) is 7.26. The monoisotopic (exact) mass is 351 g/mol. The molecule has 0 aliphatic rings. The van der Waals surface area contributed by atoms with Gasteiger partial charge in [0.2, 0.25) is 0 Å². The van der Waals surface area contributed by atoms with E-state index in [9.17, 15) is 17.2 Å². The first kappa shape index (κ1) is 13.9. The normalized spacial score (nSPS) is 11.6. The SMILES string of the molecule is Cc1cc(NS(=O)(=O)c2c(F)cc(F)cc2Br)n[nH]1. The molecule has 1 aromatic carbocycles. The highest BCUT2D eigenvalue weighted by atomic mass is 79.9. The molecule has 2 aromatic rings. The third kappa shape index (κ3) is 2.92. The second kappa shape index (κ2) is 4.89. The van der Waals surface area contributed by atoms with E-state index in [0.717, 1.165) is 6.07 Å². The third-order valence-corrected chi connectivity index (χ3v) is 4.49. The highest BCUT2D eigenvalue weighted by molar-refractivity contribution is 9.10. The lowest BCUT2D eigenvalue weighted by Crippen LogP contribution is -2.15. The number of nitrogens with zero attached hydrogens (tertiary/aromatic N) is 1. The number of aromatic nitrogens is 2. The molecule has 0 saturated carbocycles. The van der Waals surface area contributed by atoms with Crippen LogP contribution in [0.2, 0.25) is 0 Å². The molecule has 0 bridgehead atoms. The molecule has 5 nitrogen and oxygen atoms in total. The van der Waals surface area contributed by atoms with Crippen molar-refractivity contribution in [1.82, 2.24) is 10.2 Å². The smallest absolute Gasteiger partial charge is 0.267 e. The van der Waals surface area contributed by atoms with E-state index in [1.807, 2.05) is 0 Å². The zero-order chi connectivity index (χ0) is 14.2. The largest absolute Gasteiger partial charge is 0.281 e. The van der Waals surface area contributed by atoms with Gasteiger partial charge in [-0.25, -0.2) is 17.2 Å². The van der Waals surface area contributed by atoms with Gasteiger partial charge in [0.25, 0.3) is 10.0 Å². The molecule has 0 unspecified atom stereocenters.